The average molecular weight is 628 g/mol. The van der Waals surface area contributed by atoms with Crippen molar-refractivity contribution in [2.75, 3.05) is 75.9 Å². The fourth-order valence-corrected chi connectivity index (χ4v) is 8.91. The van der Waals surface area contributed by atoms with Gasteiger partial charge in [0.15, 0.2) is 0 Å². The smallest absolute Gasteiger partial charge is 0.280 e. The summed E-state index contributed by atoms with van der Waals surface area (Å²) in [5.74, 6) is 0.632. The number of morpholine rings is 1. The molecule has 12 heteroatoms. The zero-order valence-electron chi connectivity index (χ0n) is 26.8. The zero-order valence-corrected chi connectivity index (χ0v) is 26.8. The summed E-state index contributed by atoms with van der Waals surface area (Å²) < 4.78 is 41.5. The SMILES string of the molecule is C=CC(=O)N1CCN(C2CN3c4cc(N5CCC6(CC5C)OCC(COC)N5NCC(C)=C56)nc(C(F)F)c4CCCC23)CC1. The third kappa shape index (κ3) is 5.21. The third-order valence-electron chi connectivity index (χ3n) is 11.1. The fraction of sp³-hybridized carbons (Fsp3) is 0.697. The standard InChI is InChI=1S/C33H47F2N7O3/c1-5-29(43)39-13-11-38(12-14-39)27-18-41-25(27)8-6-7-24-26(41)15-28(37-30(24)32(34)35)40-10-9-33(16-22(40)3)31-21(2)17-36-42(31)23(19-44-4)20-45-33/h5,15,22-23,25,27,32,36H,1,6-14,16-20H2,2-4H3. The van der Waals surface area contributed by atoms with Crippen LogP contribution >= 0.6 is 0 Å². The highest BCUT2D eigenvalue weighted by Crippen LogP contribution is 2.47. The van der Waals surface area contributed by atoms with Crippen LogP contribution in [0.25, 0.3) is 0 Å². The molecule has 0 saturated carbocycles. The van der Waals surface area contributed by atoms with Gasteiger partial charge in [-0.05, 0) is 51.2 Å². The van der Waals surface area contributed by atoms with Crippen LogP contribution in [0.15, 0.2) is 30.0 Å². The highest BCUT2D eigenvalue weighted by Gasteiger charge is 2.52. The molecule has 0 aromatic carbocycles. The molecule has 10 nitrogen and oxygen atoms in total. The molecule has 1 spiro atoms. The molecule has 0 aliphatic carbocycles. The van der Waals surface area contributed by atoms with E-state index in [9.17, 15) is 13.6 Å². The van der Waals surface area contributed by atoms with Crippen molar-refractivity contribution in [3.8, 4) is 0 Å². The maximum Gasteiger partial charge on any atom is 0.280 e. The second-order valence-corrected chi connectivity index (χ2v) is 13.7. The minimum atomic E-state index is -2.63. The van der Waals surface area contributed by atoms with Crippen LogP contribution in [-0.2, 0) is 20.7 Å². The molecule has 4 saturated heterocycles. The first-order valence-corrected chi connectivity index (χ1v) is 16.6. The normalized spacial score (nSPS) is 32.0. The summed E-state index contributed by atoms with van der Waals surface area (Å²) in [5, 5.41) is 2.26. The number of fused-ring (bicyclic) bond motifs is 5. The molecule has 1 N–H and O–H groups in total. The molecule has 0 radical (unpaired) electrons. The Bertz CT molecular complexity index is 1350. The van der Waals surface area contributed by atoms with E-state index in [1.807, 2.05) is 4.90 Å². The number of methoxy groups -OCH3 is 1. The number of nitrogens with zero attached hydrogens (tertiary/aromatic N) is 6. The molecule has 1 amide bonds. The summed E-state index contributed by atoms with van der Waals surface area (Å²) in [6.07, 6.45) is 2.73. The number of hydrazine groups is 1. The lowest BCUT2D eigenvalue weighted by molar-refractivity contribution is -0.131. The molecule has 7 rings (SSSR count). The molecule has 5 atom stereocenters. The van der Waals surface area contributed by atoms with Crippen LogP contribution in [-0.4, -0.2) is 122 Å². The van der Waals surface area contributed by atoms with Gasteiger partial charge in [-0.25, -0.2) is 19.2 Å². The Morgan fingerprint density at radius 2 is 2.04 bits per heavy atom. The summed E-state index contributed by atoms with van der Waals surface area (Å²) in [5.41, 5.74) is 7.22. The van der Waals surface area contributed by atoms with Crippen molar-refractivity contribution in [3.05, 3.63) is 41.2 Å². The van der Waals surface area contributed by atoms with Gasteiger partial charge >= 0.3 is 0 Å². The second kappa shape index (κ2) is 12.1. The number of rotatable bonds is 6. The monoisotopic (exact) mass is 627 g/mol. The van der Waals surface area contributed by atoms with Gasteiger partial charge in [-0.15, -0.1) is 0 Å². The summed E-state index contributed by atoms with van der Waals surface area (Å²) >= 11 is 0. The first kappa shape index (κ1) is 30.8. The number of carbonyl (C=O) groups excluding carboxylic acids is 1. The molecular weight excluding hydrogens is 580 g/mol. The van der Waals surface area contributed by atoms with E-state index < -0.39 is 12.0 Å². The van der Waals surface area contributed by atoms with E-state index >= 15 is 0 Å². The Morgan fingerprint density at radius 3 is 2.76 bits per heavy atom. The number of hydrogen-bond donors (Lipinski definition) is 1. The second-order valence-electron chi connectivity index (χ2n) is 13.7. The van der Waals surface area contributed by atoms with Crippen molar-refractivity contribution >= 4 is 17.4 Å². The Kier molecular flexibility index (Phi) is 8.29. The van der Waals surface area contributed by atoms with Gasteiger partial charge in [0.25, 0.3) is 6.43 Å². The Morgan fingerprint density at radius 1 is 1.24 bits per heavy atom. The van der Waals surface area contributed by atoms with Gasteiger partial charge in [0.2, 0.25) is 5.91 Å². The summed E-state index contributed by atoms with van der Waals surface area (Å²) in [4.78, 5) is 25.7. The van der Waals surface area contributed by atoms with E-state index in [4.69, 9.17) is 9.47 Å². The molecule has 6 aliphatic heterocycles. The van der Waals surface area contributed by atoms with Gasteiger partial charge in [-0.1, -0.05) is 6.58 Å². The van der Waals surface area contributed by atoms with Crippen LogP contribution in [0.5, 0.6) is 0 Å². The Hall–Kier alpha value is -2.80. The number of carbonyl (C=O) groups is 1. The Balaban J connectivity index is 1.12. The van der Waals surface area contributed by atoms with Gasteiger partial charge < -0.3 is 29.2 Å². The van der Waals surface area contributed by atoms with Crippen LogP contribution < -0.4 is 15.2 Å². The summed E-state index contributed by atoms with van der Waals surface area (Å²) in [7, 11) is 1.72. The minimum absolute atomic E-state index is 0.0138. The lowest BCUT2D eigenvalue weighted by Crippen LogP contribution is -2.69. The van der Waals surface area contributed by atoms with Gasteiger partial charge in [0.1, 0.15) is 17.1 Å². The average Bonchev–Trinajstić information content (AvgIpc) is 3.37. The predicted octanol–water partition coefficient (Wildman–Crippen LogP) is 3.11. The van der Waals surface area contributed by atoms with E-state index in [1.54, 1.807) is 7.11 Å². The van der Waals surface area contributed by atoms with E-state index in [2.05, 4.69) is 56.6 Å². The van der Waals surface area contributed by atoms with Crippen molar-refractivity contribution in [1.29, 1.82) is 0 Å². The number of amides is 1. The number of alkyl halides is 2. The molecule has 0 bridgehead atoms. The van der Waals surface area contributed by atoms with Crippen molar-refractivity contribution in [3.63, 3.8) is 0 Å². The molecule has 6 aliphatic rings. The molecule has 246 valence electrons. The van der Waals surface area contributed by atoms with Crippen molar-refractivity contribution in [1.82, 2.24) is 25.2 Å². The number of piperidine rings is 1. The molecular formula is C33H47F2N7O3. The molecule has 7 heterocycles. The number of nitrogens with one attached hydrogen (secondary N) is 1. The topological polar surface area (TPSA) is 76.7 Å². The first-order valence-electron chi connectivity index (χ1n) is 16.6. The number of anilines is 2. The molecule has 5 unspecified atom stereocenters. The molecule has 4 fully saturated rings. The number of halogens is 2. The van der Waals surface area contributed by atoms with Crippen LogP contribution in [0, 0.1) is 0 Å². The van der Waals surface area contributed by atoms with E-state index in [-0.39, 0.29) is 29.7 Å². The van der Waals surface area contributed by atoms with Crippen molar-refractivity contribution in [2.45, 2.75) is 82.1 Å². The highest BCUT2D eigenvalue weighted by atomic mass is 19.3. The number of pyridine rings is 1. The first-order chi connectivity index (χ1) is 21.7. The number of piperazine rings is 1. The molecule has 45 heavy (non-hydrogen) atoms. The van der Waals surface area contributed by atoms with Crippen LogP contribution in [0.2, 0.25) is 0 Å². The van der Waals surface area contributed by atoms with Crippen LogP contribution in [0.3, 0.4) is 0 Å². The maximum atomic E-state index is 14.7. The lowest BCUT2D eigenvalue weighted by Gasteiger charge is -2.55. The van der Waals surface area contributed by atoms with Crippen molar-refractivity contribution < 1.29 is 23.0 Å². The van der Waals surface area contributed by atoms with Crippen LogP contribution in [0.1, 0.15) is 57.2 Å². The van der Waals surface area contributed by atoms with E-state index in [0.29, 0.717) is 56.7 Å². The minimum Gasteiger partial charge on any atom is -0.382 e. The maximum absolute atomic E-state index is 14.7. The third-order valence-corrected chi connectivity index (χ3v) is 11.1. The van der Waals surface area contributed by atoms with E-state index in [1.165, 1.54) is 17.3 Å². The number of aromatic nitrogens is 1. The summed E-state index contributed by atoms with van der Waals surface area (Å²) in [6.45, 7) is 14.5. The van der Waals surface area contributed by atoms with Gasteiger partial charge in [0.05, 0.1) is 25.0 Å². The summed E-state index contributed by atoms with van der Waals surface area (Å²) in [6, 6.07) is 2.91. The lowest BCUT2D eigenvalue weighted by atomic mass is 9.81. The fourth-order valence-electron chi connectivity index (χ4n) is 8.91. The Labute approximate surface area is 264 Å². The molecule has 1 aromatic rings. The van der Waals surface area contributed by atoms with Gasteiger partial charge in [0, 0.05) is 94.8 Å². The van der Waals surface area contributed by atoms with Gasteiger partial charge in [-0.3, -0.25) is 9.69 Å². The number of hydrogen-bond acceptors (Lipinski definition) is 9. The number of ether oxygens (including phenoxy) is 2. The molecule has 1 aromatic heterocycles. The van der Waals surface area contributed by atoms with Crippen LogP contribution in [0.4, 0.5) is 20.3 Å². The highest BCUT2D eigenvalue weighted by molar-refractivity contribution is 5.87. The van der Waals surface area contributed by atoms with E-state index in [0.717, 1.165) is 57.5 Å². The quantitative estimate of drug-likeness (QED) is 0.479. The van der Waals surface area contributed by atoms with Crippen molar-refractivity contribution in [2.24, 2.45) is 0 Å². The van der Waals surface area contributed by atoms with Gasteiger partial charge in [-0.2, -0.15) is 0 Å². The zero-order chi connectivity index (χ0) is 31.5. The largest absolute Gasteiger partial charge is 0.382 e. The predicted molar refractivity (Wildman–Crippen MR) is 168 cm³/mol.